The largest absolute Gasteiger partial charge is 0.465 e. The Morgan fingerprint density at radius 3 is 2.41 bits per heavy atom. The van der Waals surface area contributed by atoms with Crippen molar-refractivity contribution in [3.8, 4) is 0 Å². The average molecular weight is 400 g/mol. The van der Waals surface area contributed by atoms with Crippen molar-refractivity contribution in [1.29, 1.82) is 0 Å². The van der Waals surface area contributed by atoms with Gasteiger partial charge in [-0.3, -0.25) is 0 Å². The third-order valence-corrected chi connectivity index (χ3v) is 5.87. The number of carboxylic acid groups (broad SMARTS) is 1. The molecule has 1 N–H and O–H groups in total. The Bertz CT molecular complexity index is 973. The van der Waals surface area contributed by atoms with Crippen LogP contribution in [0.1, 0.15) is 0 Å². The van der Waals surface area contributed by atoms with Crippen molar-refractivity contribution in [2.75, 3.05) is 31.1 Å². The van der Waals surface area contributed by atoms with E-state index >= 15 is 0 Å². The van der Waals surface area contributed by atoms with Crippen molar-refractivity contribution < 1.29 is 9.90 Å². The normalized spacial score (nSPS) is 14.6. The molecule has 1 saturated heterocycles. The molecule has 7 heteroatoms. The molecule has 1 amide bonds. The van der Waals surface area contributed by atoms with E-state index in [-0.39, 0.29) is 0 Å². The number of nitrogens with zero attached hydrogens (tertiary/aromatic N) is 3. The zero-order valence-electron chi connectivity index (χ0n) is 14.5. The fourth-order valence-electron chi connectivity index (χ4n) is 3.20. The van der Waals surface area contributed by atoms with Crippen molar-refractivity contribution in [3.05, 3.63) is 59.8 Å². The van der Waals surface area contributed by atoms with E-state index in [9.17, 15) is 4.79 Å². The molecule has 2 aromatic carbocycles. The van der Waals surface area contributed by atoms with Crippen molar-refractivity contribution in [2.24, 2.45) is 0 Å². The van der Waals surface area contributed by atoms with Crippen molar-refractivity contribution in [1.82, 2.24) is 9.88 Å². The number of rotatable bonds is 3. The zero-order chi connectivity index (χ0) is 18.8. The lowest BCUT2D eigenvalue weighted by Crippen LogP contribution is -2.48. The standard InChI is InChI=1S/C20H18ClN3O2S/c21-15-2-5-16(6-3-15)27-17-4-1-14-7-8-22-19(18(14)13-17)23-9-11-24(12-10-23)20(25)26/h1-8,13H,9-12H2,(H,25,26). The summed E-state index contributed by atoms with van der Waals surface area (Å²) >= 11 is 7.65. The van der Waals surface area contributed by atoms with Gasteiger partial charge in [0, 0.05) is 52.6 Å². The quantitative estimate of drug-likeness (QED) is 0.683. The second-order valence-corrected chi connectivity index (χ2v) is 7.91. The van der Waals surface area contributed by atoms with Crippen LogP contribution in [0.15, 0.2) is 64.5 Å². The molecule has 1 fully saturated rings. The first kappa shape index (κ1) is 17.9. The number of halogens is 1. The van der Waals surface area contributed by atoms with Crippen molar-refractivity contribution >= 4 is 46.0 Å². The Hall–Kier alpha value is -2.44. The van der Waals surface area contributed by atoms with Gasteiger partial charge in [-0.1, -0.05) is 29.4 Å². The Morgan fingerprint density at radius 2 is 1.70 bits per heavy atom. The predicted molar refractivity (Wildman–Crippen MR) is 109 cm³/mol. The smallest absolute Gasteiger partial charge is 0.407 e. The first-order valence-electron chi connectivity index (χ1n) is 8.65. The maximum atomic E-state index is 11.1. The minimum atomic E-state index is -0.859. The van der Waals surface area contributed by atoms with Gasteiger partial charge >= 0.3 is 6.09 Å². The highest BCUT2D eigenvalue weighted by atomic mass is 35.5. The van der Waals surface area contributed by atoms with E-state index in [1.165, 1.54) is 4.90 Å². The minimum absolute atomic E-state index is 0.493. The van der Waals surface area contributed by atoms with Crippen LogP contribution in [0.5, 0.6) is 0 Å². The molecule has 1 aliphatic rings. The predicted octanol–water partition coefficient (Wildman–Crippen LogP) is 4.84. The SMILES string of the molecule is O=C(O)N1CCN(c2nccc3ccc(Sc4ccc(Cl)cc4)cc23)CC1. The van der Waals surface area contributed by atoms with Gasteiger partial charge in [0.25, 0.3) is 0 Å². The van der Waals surface area contributed by atoms with E-state index in [2.05, 4.69) is 28.1 Å². The summed E-state index contributed by atoms with van der Waals surface area (Å²) in [6, 6.07) is 16.2. The Kier molecular flexibility index (Phi) is 5.09. The molecule has 0 saturated carbocycles. The Labute approximate surface area is 166 Å². The molecular formula is C20H18ClN3O2S. The number of carbonyl (C=O) groups is 1. The lowest BCUT2D eigenvalue weighted by Gasteiger charge is -2.34. The highest BCUT2D eigenvalue weighted by molar-refractivity contribution is 7.99. The summed E-state index contributed by atoms with van der Waals surface area (Å²) in [5.74, 6) is 0.913. The average Bonchev–Trinajstić information content (AvgIpc) is 2.69. The van der Waals surface area contributed by atoms with E-state index in [1.54, 1.807) is 11.8 Å². The monoisotopic (exact) mass is 399 g/mol. The molecule has 1 aliphatic heterocycles. The van der Waals surface area contributed by atoms with Gasteiger partial charge in [0.2, 0.25) is 0 Å². The molecule has 0 atom stereocenters. The van der Waals surface area contributed by atoms with E-state index < -0.39 is 6.09 Å². The molecule has 0 unspecified atom stereocenters. The maximum Gasteiger partial charge on any atom is 0.407 e. The molecule has 1 aromatic heterocycles. The number of amides is 1. The molecule has 0 spiro atoms. The van der Waals surface area contributed by atoms with Crippen LogP contribution in [0.25, 0.3) is 10.8 Å². The van der Waals surface area contributed by atoms with Gasteiger partial charge in [0.15, 0.2) is 0 Å². The van der Waals surface area contributed by atoms with Crippen LogP contribution in [0.3, 0.4) is 0 Å². The zero-order valence-corrected chi connectivity index (χ0v) is 16.1. The number of anilines is 1. The summed E-state index contributed by atoms with van der Waals surface area (Å²) in [5, 5.41) is 12.1. The Morgan fingerprint density at radius 1 is 1.00 bits per heavy atom. The topological polar surface area (TPSA) is 56.7 Å². The van der Waals surface area contributed by atoms with Crippen LogP contribution in [-0.2, 0) is 0 Å². The van der Waals surface area contributed by atoms with E-state index in [0.29, 0.717) is 26.2 Å². The van der Waals surface area contributed by atoms with Gasteiger partial charge in [-0.05, 0) is 47.9 Å². The summed E-state index contributed by atoms with van der Waals surface area (Å²) in [4.78, 5) is 21.6. The van der Waals surface area contributed by atoms with Gasteiger partial charge in [-0.25, -0.2) is 9.78 Å². The number of fused-ring (bicyclic) bond motifs is 1. The first-order valence-corrected chi connectivity index (χ1v) is 9.84. The molecule has 4 rings (SSSR count). The highest BCUT2D eigenvalue weighted by Gasteiger charge is 2.22. The van der Waals surface area contributed by atoms with Crippen LogP contribution < -0.4 is 4.90 Å². The molecule has 138 valence electrons. The molecule has 0 bridgehead atoms. The molecule has 27 heavy (non-hydrogen) atoms. The van der Waals surface area contributed by atoms with Gasteiger partial charge in [-0.2, -0.15) is 0 Å². The van der Waals surface area contributed by atoms with E-state index in [0.717, 1.165) is 31.4 Å². The molecule has 0 aliphatic carbocycles. The third-order valence-electron chi connectivity index (χ3n) is 4.62. The van der Waals surface area contributed by atoms with Crippen molar-refractivity contribution in [3.63, 3.8) is 0 Å². The number of benzene rings is 2. The second-order valence-electron chi connectivity index (χ2n) is 6.33. The highest BCUT2D eigenvalue weighted by Crippen LogP contribution is 2.33. The molecular weight excluding hydrogens is 382 g/mol. The fourth-order valence-corrected chi connectivity index (χ4v) is 4.18. The second kappa shape index (κ2) is 7.66. The third kappa shape index (κ3) is 3.96. The number of piperazine rings is 1. The number of pyridine rings is 1. The summed E-state index contributed by atoms with van der Waals surface area (Å²) in [7, 11) is 0. The number of aromatic nitrogens is 1. The van der Waals surface area contributed by atoms with Crippen LogP contribution in [0.2, 0.25) is 5.02 Å². The number of hydrogen-bond donors (Lipinski definition) is 1. The molecule has 5 nitrogen and oxygen atoms in total. The van der Waals surface area contributed by atoms with Crippen LogP contribution in [0, 0.1) is 0 Å². The minimum Gasteiger partial charge on any atom is -0.465 e. The van der Waals surface area contributed by atoms with Gasteiger partial charge < -0.3 is 14.9 Å². The summed E-state index contributed by atoms with van der Waals surface area (Å²) in [6.07, 6.45) is 0.954. The van der Waals surface area contributed by atoms with Gasteiger partial charge in [0.05, 0.1) is 0 Å². The number of hydrogen-bond acceptors (Lipinski definition) is 4. The van der Waals surface area contributed by atoms with Crippen LogP contribution in [-0.4, -0.2) is 47.3 Å². The van der Waals surface area contributed by atoms with Crippen LogP contribution >= 0.6 is 23.4 Å². The molecule has 3 aromatic rings. The van der Waals surface area contributed by atoms with Gasteiger partial charge in [-0.15, -0.1) is 0 Å². The first-order chi connectivity index (χ1) is 13.1. The van der Waals surface area contributed by atoms with Crippen LogP contribution in [0.4, 0.5) is 10.6 Å². The van der Waals surface area contributed by atoms with E-state index in [4.69, 9.17) is 16.7 Å². The lowest BCUT2D eigenvalue weighted by atomic mass is 10.1. The maximum absolute atomic E-state index is 11.1. The lowest BCUT2D eigenvalue weighted by molar-refractivity contribution is 0.142. The summed E-state index contributed by atoms with van der Waals surface area (Å²) in [6.45, 7) is 2.28. The molecule has 0 radical (unpaired) electrons. The van der Waals surface area contributed by atoms with Crippen molar-refractivity contribution in [2.45, 2.75) is 9.79 Å². The van der Waals surface area contributed by atoms with Gasteiger partial charge in [0.1, 0.15) is 5.82 Å². The fraction of sp³-hybridized carbons (Fsp3) is 0.200. The molecule has 2 heterocycles. The Balaban J connectivity index is 1.61. The summed E-state index contributed by atoms with van der Waals surface area (Å²) in [5.41, 5.74) is 0. The summed E-state index contributed by atoms with van der Waals surface area (Å²) < 4.78 is 0. The van der Waals surface area contributed by atoms with E-state index in [1.807, 2.05) is 36.5 Å².